The van der Waals surface area contributed by atoms with Gasteiger partial charge in [-0.1, -0.05) is 40.2 Å². The molecule has 0 saturated carbocycles. The van der Waals surface area contributed by atoms with Crippen LogP contribution < -0.4 is 10.1 Å². The van der Waals surface area contributed by atoms with Gasteiger partial charge >= 0.3 is 24.6 Å². The van der Waals surface area contributed by atoms with Gasteiger partial charge in [0, 0.05) is 27.6 Å². The molecule has 1 amide bonds. The summed E-state index contributed by atoms with van der Waals surface area (Å²) in [6.45, 7) is -2.20. The maximum Gasteiger partial charge on any atom is 0.435 e. The summed E-state index contributed by atoms with van der Waals surface area (Å²) in [4.78, 5) is 25.5. The number of hydrogen-bond donors (Lipinski definition) is 1. The van der Waals surface area contributed by atoms with Gasteiger partial charge in [-0.05, 0) is 42.8 Å². The highest BCUT2D eigenvalue weighted by molar-refractivity contribution is 9.10. The number of benzene rings is 3. The largest absolute Gasteiger partial charge is 0.435 e. The number of amides is 1. The first-order chi connectivity index (χ1) is 18.9. The van der Waals surface area contributed by atoms with Crippen molar-refractivity contribution >= 4 is 33.3 Å². The van der Waals surface area contributed by atoms with Crippen LogP contribution in [0.25, 0.3) is 0 Å². The number of hydrogen-bond acceptors (Lipinski definition) is 3. The maximum atomic E-state index is 15.2. The molecule has 0 fully saturated rings. The molecule has 0 aliphatic heterocycles. The van der Waals surface area contributed by atoms with Crippen molar-refractivity contribution in [3.05, 3.63) is 92.7 Å². The first kappa shape index (κ1) is 31.9. The van der Waals surface area contributed by atoms with Crippen molar-refractivity contribution in [2.75, 3.05) is 5.32 Å². The van der Waals surface area contributed by atoms with E-state index in [1.807, 2.05) is 0 Å². The fourth-order valence-corrected chi connectivity index (χ4v) is 4.37. The monoisotopic (exact) mass is 659 g/mol. The van der Waals surface area contributed by atoms with Crippen LogP contribution in [-0.4, -0.2) is 30.7 Å². The quantitative estimate of drug-likeness (QED) is 0.195. The zero-order valence-electron chi connectivity index (χ0n) is 20.4. The number of rotatable bonds is 8. The predicted octanol–water partition coefficient (Wildman–Crippen LogP) is 8.47. The Morgan fingerprint density at radius 3 is 2.05 bits per heavy atom. The fourth-order valence-electron chi connectivity index (χ4n) is 3.79. The molecule has 0 radical (unpaired) electrons. The Morgan fingerprint density at radius 1 is 0.902 bits per heavy atom. The molecule has 0 atom stereocenters. The van der Waals surface area contributed by atoms with E-state index in [-0.39, 0.29) is 17.7 Å². The van der Waals surface area contributed by atoms with Gasteiger partial charge in [0.1, 0.15) is 5.75 Å². The van der Waals surface area contributed by atoms with Crippen LogP contribution in [0.4, 0.5) is 49.6 Å². The molecule has 3 aromatic carbocycles. The molecule has 3 aromatic rings. The topological polar surface area (TPSA) is 55.4 Å². The molecular weight excluding hydrogens is 644 g/mol. The first-order valence-electron chi connectivity index (χ1n) is 11.2. The van der Waals surface area contributed by atoms with Crippen molar-refractivity contribution in [2.24, 2.45) is 0 Å². The minimum Gasteiger partial charge on any atom is -0.434 e. The van der Waals surface area contributed by atoms with Gasteiger partial charge in [0.15, 0.2) is 11.6 Å². The average Bonchev–Trinajstić information content (AvgIpc) is 2.85. The predicted molar refractivity (Wildman–Crippen MR) is 129 cm³/mol. The second-order valence-electron chi connectivity index (χ2n) is 8.50. The van der Waals surface area contributed by atoms with E-state index in [0.717, 1.165) is 18.2 Å². The summed E-state index contributed by atoms with van der Waals surface area (Å²) < 4.78 is 138. The number of Topliss-reactive ketones (excluding diaryl/α,β-unsaturated/α-hetero) is 1. The van der Waals surface area contributed by atoms with Crippen molar-refractivity contribution in [1.82, 2.24) is 0 Å². The van der Waals surface area contributed by atoms with E-state index in [2.05, 4.69) is 26.0 Å². The molecule has 0 aromatic heterocycles. The van der Waals surface area contributed by atoms with Crippen LogP contribution in [-0.2, 0) is 12.1 Å². The highest BCUT2D eigenvalue weighted by Gasteiger charge is 2.73. The summed E-state index contributed by atoms with van der Waals surface area (Å²) in [6.07, 6.45) is -14.2. The number of ether oxygens (including phenoxy) is 1. The number of aryl methyl sites for hydroxylation is 1. The second-order valence-corrected chi connectivity index (χ2v) is 9.36. The lowest BCUT2D eigenvalue weighted by atomic mass is 9.91. The number of nitrogens with one attached hydrogen (secondary N) is 1. The Bertz CT molecular complexity index is 1460. The van der Waals surface area contributed by atoms with Gasteiger partial charge in [0.2, 0.25) is 0 Å². The fraction of sp³-hybridized carbons (Fsp3) is 0.231. The lowest BCUT2D eigenvalue weighted by Crippen LogP contribution is -2.50. The van der Waals surface area contributed by atoms with Crippen molar-refractivity contribution in [3.63, 3.8) is 0 Å². The zero-order valence-corrected chi connectivity index (χ0v) is 21.9. The van der Waals surface area contributed by atoms with E-state index in [4.69, 9.17) is 0 Å². The van der Waals surface area contributed by atoms with Gasteiger partial charge in [-0.25, -0.2) is 8.78 Å². The Balaban J connectivity index is 2.02. The molecule has 0 heterocycles. The number of carbonyl (C=O) groups excluding carboxylic acids is 2. The number of carbonyl (C=O) groups is 2. The SMILES string of the molecule is Cc1ccccc1C(=O)Nc1cccc(C(=O)Cc2c(Br)cc(C(F)(C(F)(F)F)C(F)(F)F)cc2OC(F)F)c1F. The van der Waals surface area contributed by atoms with Gasteiger partial charge in [-0.2, -0.15) is 35.1 Å². The van der Waals surface area contributed by atoms with Crippen LogP contribution in [0, 0.1) is 12.7 Å². The number of ketones is 1. The summed E-state index contributed by atoms with van der Waals surface area (Å²) >= 11 is 2.58. The molecule has 0 aliphatic carbocycles. The van der Waals surface area contributed by atoms with Crippen molar-refractivity contribution in [3.8, 4) is 5.75 Å². The molecule has 4 nitrogen and oxygen atoms in total. The standard InChI is InChI=1S/C26H16BrF10NO3/c1-12-5-2-3-6-14(12)22(40)38-18-8-4-7-15(21(18)28)19(39)11-16-17(27)9-13(10-20(16)41-23(29)30)24(31,25(32,33)34)26(35,36)37/h2-10,23H,11H2,1H3,(H,38,40). The first-order valence-corrected chi connectivity index (χ1v) is 12.0. The Hall–Kier alpha value is -3.62. The van der Waals surface area contributed by atoms with Crippen LogP contribution in [0.5, 0.6) is 5.75 Å². The molecule has 0 aliphatic rings. The van der Waals surface area contributed by atoms with Crippen LogP contribution >= 0.6 is 15.9 Å². The van der Waals surface area contributed by atoms with Crippen molar-refractivity contribution in [2.45, 2.75) is 38.0 Å². The Kier molecular flexibility index (Phi) is 9.11. The summed E-state index contributed by atoms with van der Waals surface area (Å²) in [6, 6.07) is 9.23. The molecule has 0 bridgehead atoms. The summed E-state index contributed by atoms with van der Waals surface area (Å²) in [7, 11) is 0. The lowest BCUT2D eigenvalue weighted by Gasteiger charge is -2.31. The number of halogens is 11. The van der Waals surface area contributed by atoms with E-state index in [9.17, 15) is 49.1 Å². The number of anilines is 1. The van der Waals surface area contributed by atoms with E-state index in [0.29, 0.717) is 5.56 Å². The van der Waals surface area contributed by atoms with E-state index >= 15 is 4.39 Å². The average molecular weight is 660 g/mol. The third-order valence-electron chi connectivity index (χ3n) is 5.82. The molecule has 3 rings (SSSR count). The molecule has 0 unspecified atom stereocenters. The van der Waals surface area contributed by atoms with Crippen LogP contribution in [0.2, 0.25) is 0 Å². The molecule has 1 N–H and O–H groups in total. The van der Waals surface area contributed by atoms with Gasteiger partial charge in [-0.3, -0.25) is 9.59 Å². The highest BCUT2D eigenvalue weighted by Crippen LogP contribution is 2.54. The smallest absolute Gasteiger partial charge is 0.434 e. The summed E-state index contributed by atoms with van der Waals surface area (Å²) in [5.41, 5.74) is -9.30. The molecule has 0 saturated heterocycles. The molecule has 220 valence electrons. The Morgan fingerprint density at radius 2 is 1.49 bits per heavy atom. The van der Waals surface area contributed by atoms with E-state index in [1.165, 1.54) is 6.07 Å². The molecule has 15 heteroatoms. The van der Waals surface area contributed by atoms with E-state index < -0.39 is 81.2 Å². The van der Waals surface area contributed by atoms with Crippen LogP contribution in [0.1, 0.15) is 37.4 Å². The summed E-state index contributed by atoms with van der Waals surface area (Å²) in [5.74, 6) is -4.58. The number of alkyl halides is 9. The summed E-state index contributed by atoms with van der Waals surface area (Å²) in [5, 5.41) is 2.27. The third-order valence-corrected chi connectivity index (χ3v) is 6.53. The van der Waals surface area contributed by atoms with Crippen LogP contribution in [0.15, 0.2) is 59.1 Å². The molecule has 0 spiro atoms. The minimum absolute atomic E-state index is 0.0110. The zero-order chi connectivity index (χ0) is 30.9. The van der Waals surface area contributed by atoms with Gasteiger partial charge in [-0.15, -0.1) is 0 Å². The van der Waals surface area contributed by atoms with Gasteiger partial charge in [0.25, 0.3) is 5.91 Å². The van der Waals surface area contributed by atoms with Gasteiger partial charge < -0.3 is 10.1 Å². The van der Waals surface area contributed by atoms with Crippen LogP contribution in [0.3, 0.4) is 0 Å². The third kappa shape index (κ3) is 6.49. The van der Waals surface area contributed by atoms with Gasteiger partial charge in [0.05, 0.1) is 11.3 Å². The maximum absolute atomic E-state index is 15.2. The molecular formula is C26H16BrF10NO3. The van der Waals surface area contributed by atoms with Crippen molar-refractivity contribution < 1.29 is 58.2 Å². The second kappa shape index (κ2) is 11.7. The van der Waals surface area contributed by atoms with E-state index in [1.54, 1.807) is 25.1 Å². The Labute approximate surface area is 233 Å². The van der Waals surface area contributed by atoms with Crippen molar-refractivity contribution in [1.29, 1.82) is 0 Å². The lowest BCUT2D eigenvalue weighted by molar-refractivity contribution is -0.348. The highest BCUT2D eigenvalue weighted by atomic mass is 79.9. The molecule has 41 heavy (non-hydrogen) atoms. The minimum atomic E-state index is -6.56. The normalized spacial score (nSPS) is 12.4.